The van der Waals surface area contributed by atoms with Gasteiger partial charge in [-0.25, -0.2) is 8.42 Å². The van der Waals surface area contributed by atoms with Crippen molar-refractivity contribution < 1.29 is 56.7 Å². The van der Waals surface area contributed by atoms with Crippen LogP contribution in [-0.4, -0.2) is 31.0 Å². The molecule has 28 heavy (non-hydrogen) atoms. The van der Waals surface area contributed by atoms with Crippen LogP contribution in [-0.2, 0) is 26.0 Å². The van der Waals surface area contributed by atoms with Gasteiger partial charge in [-0.15, -0.1) is 0 Å². The summed E-state index contributed by atoms with van der Waals surface area (Å²) in [6, 6.07) is 7.82. The third-order valence-corrected chi connectivity index (χ3v) is 5.16. The molecule has 0 aliphatic heterocycles. The molecule has 3 atom stereocenters. The van der Waals surface area contributed by atoms with Crippen molar-refractivity contribution >= 4 is 10.1 Å². The molecule has 0 aliphatic carbocycles. The molecule has 3 unspecified atom stereocenters. The monoisotopic (exact) mass is 424 g/mol. The van der Waals surface area contributed by atoms with E-state index in [0.29, 0.717) is 0 Å². The molecule has 0 bridgehead atoms. The van der Waals surface area contributed by atoms with Crippen LogP contribution in [0.4, 0.5) is 0 Å². The first kappa shape index (κ1) is 27.8. The first-order valence-corrected chi connectivity index (χ1v) is 11.2. The van der Waals surface area contributed by atoms with Gasteiger partial charge in [0.05, 0.1) is 0 Å². The van der Waals surface area contributed by atoms with Gasteiger partial charge in [-0.2, -0.15) is 0 Å². The van der Waals surface area contributed by atoms with Crippen LogP contribution in [0.3, 0.4) is 0 Å². The minimum absolute atomic E-state index is 0. The third-order valence-electron chi connectivity index (χ3n) is 4.24. The van der Waals surface area contributed by atoms with Crippen molar-refractivity contribution in [1.82, 2.24) is 0 Å². The molecule has 0 aromatic heterocycles. The summed E-state index contributed by atoms with van der Waals surface area (Å²) < 4.78 is 49.1. The molecule has 1 rings (SSSR count). The molecule has 8 heteroatoms. The number of para-hydroxylation sites is 1. The number of rotatable bonds is 14. The number of ether oxygens (including phenoxy) is 3. The van der Waals surface area contributed by atoms with Crippen molar-refractivity contribution in [2.24, 2.45) is 0 Å². The summed E-state index contributed by atoms with van der Waals surface area (Å²) in [5, 5.41) is 0. The zero-order chi connectivity index (χ0) is 20.3. The van der Waals surface area contributed by atoms with Gasteiger partial charge in [0.2, 0.25) is 0 Å². The number of benzene rings is 1. The molecule has 0 amide bonds. The van der Waals surface area contributed by atoms with Crippen LogP contribution in [0, 0.1) is 0 Å². The van der Waals surface area contributed by atoms with Crippen LogP contribution in [0.25, 0.3) is 0 Å². The molecule has 6 nitrogen and oxygen atoms in total. The second-order valence-electron chi connectivity index (χ2n) is 6.71. The van der Waals surface area contributed by atoms with Gasteiger partial charge in [-0.05, 0) is 45.2 Å². The summed E-state index contributed by atoms with van der Waals surface area (Å²) in [7, 11) is -4.51. The average molecular weight is 425 g/mol. The molecular formula is C20H33NaO6S. The Bertz CT molecular complexity index is 637. The van der Waals surface area contributed by atoms with Crippen LogP contribution < -0.4 is 34.3 Å². The quantitative estimate of drug-likeness (QED) is 0.195. The predicted molar refractivity (Wildman–Crippen MR) is 104 cm³/mol. The van der Waals surface area contributed by atoms with Crippen molar-refractivity contribution in [3.8, 4) is 5.75 Å². The van der Waals surface area contributed by atoms with Gasteiger partial charge in [-0.3, -0.25) is 0 Å². The minimum atomic E-state index is -4.51. The van der Waals surface area contributed by atoms with E-state index >= 15 is 0 Å². The molecule has 1 aromatic rings. The largest absolute Gasteiger partial charge is 1.00 e. The van der Waals surface area contributed by atoms with Crippen LogP contribution in [0.2, 0.25) is 0 Å². The molecule has 0 heterocycles. The summed E-state index contributed by atoms with van der Waals surface area (Å²) in [6.07, 6.45) is 6.80. The van der Waals surface area contributed by atoms with E-state index in [1.54, 1.807) is 6.92 Å². The Balaban J connectivity index is 0.00000729. The van der Waals surface area contributed by atoms with Gasteiger partial charge >= 0.3 is 29.6 Å². The molecule has 156 valence electrons. The Labute approximate surface area is 192 Å². The van der Waals surface area contributed by atoms with Crippen LogP contribution in [0.1, 0.15) is 71.8 Å². The van der Waals surface area contributed by atoms with Gasteiger partial charge in [0, 0.05) is 0 Å². The second kappa shape index (κ2) is 14.8. The normalized spacial score (nSPS) is 14.8. The number of unbranched alkanes of at least 4 members (excludes halogenated alkanes) is 5. The van der Waals surface area contributed by atoms with Crippen molar-refractivity contribution in [3.05, 3.63) is 29.8 Å². The fourth-order valence-corrected chi connectivity index (χ4v) is 3.06. The molecule has 0 saturated carbocycles. The fourth-order valence-electron chi connectivity index (χ4n) is 2.77. The van der Waals surface area contributed by atoms with Crippen LogP contribution >= 0.6 is 0 Å². The molecule has 0 saturated heterocycles. The standard InChI is InChI=1S/C20H34O6S.Na/c1-5-6-7-8-9-10-13-19-14-11-12-15-20(19)26-17(3)24-16(2)25-18(4)27(21,22)23;/h11-12,14-18H,5-10,13H2,1-4H3,(H,21,22,23);/q;+1/p-1. The minimum Gasteiger partial charge on any atom is -0.746 e. The number of hydrogen-bond acceptors (Lipinski definition) is 6. The molecule has 0 aliphatic rings. The third kappa shape index (κ3) is 11.8. The molecule has 1 aromatic carbocycles. The second-order valence-corrected chi connectivity index (χ2v) is 8.36. The van der Waals surface area contributed by atoms with Gasteiger partial charge < -0.3 is 18.8 Å². The topological polar surface area (TPSA) is 84.9 Å². The Morgan fingerprint density at radius 1 is 0.929 bits per heavy atom. The molecule has 0 N–H and O–H groups in total. The maximum absolute atomic E-state index is 10.9. The predicted octanol–water partition coefficient (Wildman–Crippen LogP) is 1.59. The van der Waals surface area contributed by atoms with E-state index in [9.17, 15) is 13.0 Å². The molecule has 0 spiro atoms. The molecule has 0 fully saturated rings. The zero-order valence-electron chi connectivity index (χ0n) is 17.8. The van der Waals surface area contributed by atoms with E-state index in [-0.39, 0.29) is 29.6 Å². The van der Waals surface area contributed by atoms with Gasteiger partial charge in [0.25, 0.3) is 0 Å². The first-order chi connectivity index (χ1) is 12.7. The summed E-state index contributed by atoms with van der Waals surface area (Å²) in [4.78, 5) is 0. The van der Waals surface area contributed by atoms with Crippen LogP contribution in [0.15, 0.2) is 24.3 Å². The smallest absolute Gasteiger partial charge is 0.746 e. The van der Waals surface area contributed by atoms with Crippen molar-refractivity contribution in [3.63, 3.8) is 0 Å². The Morgan fingerprint density at radius 2 is 1.54 bits per heavy atom. The van der Waals surface area contributed by atoms with Crippen LogP contribution in [0.5, 0.6) is 5.75 Å². The van der Waals surface area contributed by atoms with Crippen molar-refractivity contribution in [2.75, 3.05) is 0 Å². The van der Waals surface area contributed by atoms with Gasteiger partial charge in [0.15, 0.2) is 12.6 Å². The van der Waals surface area contributed by atoms with E-state index < -0.39 is 28.1 Å². The zero-order valence-corrected chi connectivity index (χ0v) is 20.7. The van der Waals surface area contributed by atoms with Gasteiger partial charge in [-0.1, -0.05) is 57.2 Å². The van der Waals surface area contributed by atoms with Crippen molar-refractivity contribution in [2.45, 2.75) is 90.7 Å². The SMILES string of the molecule is CCCCCCCCc1ccccc1OC(C)OC(C)OC(C)S(=O)(=O)[O-].[Na+]. The maximum atomic E-state index is 10.9. The molecule has 0 radical (unpaired) electrons. The van der Waals surface area contributed by atoms with E-state index in [1.807, 2.05) is 24.3 Å². The molecular weight excluding hydrogens is 391 g/mol. The summed E-state index contributed by atoms with van der Waals surface area (Å²) in [6.45, 7) is 6.63. The van der Waals surface area contributed by atoms with E-state index in [4.69, 9.17) is 14.2 Å². The van der Waals surface area contributed by atoms with E-state index in [0.717, 1.165) is 24.2 Å². The Morgan fingerprint density at radius 3 is 2.18 bits per heavy atom. The number of aryl methyl sites for hydroxylation is 1. The van der Waals surface area contributed by atoms with Gasteiger partial charge in [0.1, 0.15) is 21.3 Å². The Kier molecular flexibility index (Phi) is 14.7. The summed E-state index contributed by atoms with van der Waals surface area (Å²) in [5.41, 5.74) is -0.354. The average Bonchev–Trinajstić information content (AvgIpc) is 2.58. The summed E-state index contributed by atoms with van der Waals surface area (Å²) >= 11 is 0. The van der Waals surface area contributed by atoms with E-state index in [2.05, 4.69) is 6.92 Å². The Hall–Kier alpha value is -0.150. The van der Waals surface area contributed by atoms with Crippen molar-refractivity contribution in [1.29, 1.82) is 0 Å². The first-order valence-electron chi connectivity index (χ1n) is 9.74. The maximum Gasteiger partial charge on any atom is 1.00 e. The van der Waals surface area contributed by atoms with E-state index in [1.165, 1.54) is 46.0 Å². The fraction of sp³-hybridized carbons (Fsp3) is 0.700. The summed E-state index contributed by atoms with van der Waals surface area (Å²) in [5.74, 6) is 0.746. The number of hydrogen-bond donors (Lipinski definition) is 0.